The van der Waals surface area contributed by atoms with Crippen LogP contribution in [0.15, 0.2) is 0 Å². The number of nitrogens with two attached hydrogens (primary N) is 1. The lowest BCUT2D eigenvalue weighted by Crippen LogP contribution is -2.34. The molecule has 0 amide bonds. The summed E-state index contributed by atoms with van der Waals surface area (Å²) in [5, 5.41) is 34.9. The fourth-order valence-electron chi connectivity index (χ4n) is 0.864. The van der Waals surface area contributed by atoms with Crippen molar-refractivity contribution in [3.8, 4) is 0 Å². The van der Waals surface area contributed by atoms with Crippen LogP contribution in [-0.4, -0.2) is 78.3 Å². The number of ether oxygens (including phenoxy) is 2. The second-order valence-electron chi connectivity index (χ2n) is 3.51. The molecule has 7 nitrogen and oxygen atoms in total. The van der Waals surface area contributed by atoms with Gasteiger partial charge in [-0.05, 0) is 0 Å². The van der Waals surface area contributed by atoms with Gasteiger partial charge in [0, 0.05) is 0 Å². The molecule has 0 aliphatic rings. The van der Waals surface area contributed by atoms with E-state index in [2.05, 4.69) is 0 Å². The molecule has 2 unspecified atom stereocenters. The first-order chi connectivity index (χ1) is 7.60. The predicted octanol–water partition coefficient (Wildman–Crippen LogP) is -2.95. The predicted molar refractivity (Wildman–Crippen MR) is 55.8 cm³/mol. The Hall–Kier alpha value is -0.280. The molecule has 2 atom stereocenters. The first kappa shape index (κ1) is 15.7. The Morgan fingerprint density at radius 2 is 1.19 bits per heavy atom. The van der Waals surface area contributed by atoms with Gasteiger partial charge in [0.15, 0.2) is 0 Å². The van der Waals surface area contributed by atoms with E-state index in [0.717, 1.165) is 0 Å². The fourth-order valence-corrected chi connectivity index (χ4v) is 0.864. The summed E-state index contributed by atoms with van der Waals surface area (Å²) in [6.45, 7) is -0.297. The van der Waals surface area contributed by atoms with Gasteiger partial charge in [-0.2, -0.15) is 0 Å². The summed E-state index contributed by atoms with van der Waals surface area (Å²) in [7, 11) is 0. The van der Waals surface area contributed by atoms with Crippen LogP contribution in [-0.2, 0) is 9.47 Å². The van der Waals surface area contributed by atoms with Gasteiger partial charge in [-0.1, -0.05) is 0 Å². The highest BCUT2D eigenvalue weighted by atomic mass is 16.5. The molecule has 0 aliphatic carbocycles. The summed E-state index contributed by atoms with van der Waals surface area (Å²) in [4.78, 5) is 0. The third-order valence-electron chi connectivity index (χ3n) is 1.71. The maximum atomic E-state index is 8.94. The van der Waals surface area contributed by atoms with E-state index < -0.39 is 12.2 Å². The molecule has 0 saturated carbocycles. The summed E-state index contributed by atoms with van der Waals surface area (Å²) in [6.07, 6.45) is -1.80. The van der Waals surface area contributed by atoms with Crippen LogP contribution in [0.25, 0.3) is 0 Å². The first-order valence-electron chi connectivity index (χ1n) is 5.09. The monoisotopic (exact) mass is 239 g/mol. The SMILES string of the molecule is NC(COCC(O)CO)COCC(O)CO. The lowest BCUT2D eigenvalue weighted by molar-refractivity contribution is -0.0211. The summed E-state index contributed by atoms with van der Waals surface area (Å²) in [6, 6.07) is -0.378. The van der Waals surface area contributed by atoms with Crippen molar-refractivity contribution < 1.29 is 29.9 Å². The lowest BCUT2D eigenvalue weighted by Gasteiger charge is -2.15. The van der Waals surface area contributed by atoms with Crippen LogP contribution in [0.1, 0.15) is 0 Å². The van der Waals surface area contributed by atoms with Gasteiger partial charge in [0.2, 0.25) is 0 Å². The zero-order valence-corrected chi connectivity index (χ0v) is 9.16. The van der Waals surface area contributed by atoms with Crippen molar-refractivity contribution in [2.75, 3.05) is 39.6 Å². The first-order valence-corrected chi connectivity index (χ1v) is 5.09. The van der Waals surface area contributed by atoms with Gasteiger partial charge in [-0.3, -0.25) is 0 Å². The van der Waals surface area contributed by atoms with Crippen molar-refractivity contribution in [3.05, 3.63) is 0 Å². The molecule has 0 spiro atoms. The van der Waals surface area contributed by atoms with E-state index in [4.69, 9.17) is 35.6 Å². The molecule has 0 radical (unpaired) electrons. The van der Waals surface area contributed by atoms with Crippen LogP contribution in [0.4, 0.5) is 0 Å². The van der Waals surface area contributed by atoms with Crippen LogP contribution < -0.4 is 5.73 Å². The Kier molecular flexibility index (Phi) is 9.74. The van der Waals surface area contributed by atoms with E-state index in [0.29, 0.717) is 0 Å². The Labute approximate surface area is 94.4 Å². The molecule has 0 aromatic carbocycles. The van der Waals surface area contributed by atoms with Gasteiger partial charge in [0.1, 0.15) is 12.2 Å². The molecular formula is C9H21NO6. The van der Waals surface area contributed by atoms with Gasteiger partial charge >= 0.3 is 0 Å². The standard InChI is InChI=1S/C9H21NO6/c10-7(3-15-5-8(13)1-11)4-16-6-9(14)2-12/h7-9,11-14H,1-6,10H2. The highest BCUT2D eigenvalue weighted by Crippen LogP contribution is 1.90. The van der Waals surface area contributed by atoms with Crippen molar-refractivity contribution in [2.45, 2.75) is 18.2 Å². The Balaban J connectivity index is 3.34. The summed E-state index contributed by atoms with van der Waals surface area (Å²) >= 11 is 0. The molecular weight excluding hydrogens is 218 g/mol. The minimum Gasteiger partial charge on any atom is -0.394 e. The van der Waals surface area contributed by atoms with E-state index in [1.807, 2.05) is 0 Å². The molecule has 0 aromatic heterocycles. The van der Waals surface area contributed by atoms with Crippen molar-refractivity contribution in [1.29, 1.82) is 0 Å². The van der Waals surface area contributed by atoms with Crippen LogP contribution in [0.2, 0.25) is 0 Å². The van der Waals surface area contributed by atoms with E-state index in [9.17, 15) is 0 Å². The normalized spacial score (nSPS) is 17.1. The molecule has 0 fully saturated rings. The van der Waals surface area contributed by atoms with Gasteiger partial charge in [0.25, 0.3) is 0 Å². The Morgan fingerprint density at radius 3 is 1.50 bits per heavy atom. The van der Waals surface area contributed by atoms with E-state index in [-0.39, 0.29) is 45.7 Å². The van der Waals surface area contributed by atoms with Gasteiger partial charge in [-0.25, -0.2) is 0 Å². The minimum absolute atomic E-state index is 0.0173. The second-order valence-corrected chi connectivity index (χ2v) is 3.51. The molecule has 6 N–H and O–H groups in total. The topological polar surface area (TPSA) is 125 Å². The largest absolute Gasteiger partial charge is 0.394 e. The number of rotatable bonds is 10. The van der Waals surface area contributed by atoms with Crippen molar-refractivity contribution in [2.24, 2.45) is 5.73 Å². The number of aliphatic hydroxyl groups is 4. The van der Waals surface area contributed by atoms with Crippen molar-refractivity contribution in [1.82, 2.24) is 0 Å². The minimum atomic E-state index is -0.899. The molecule has 0 heterocycles. The van der Waals surface area contributed by atoms with Crippen molar-refractivity contribution in [3.63, 3.8) is 0 Å². The average Bonchev–Trinajstić information content (AvgIpc) is 2.28. The van der Waals surface area contributed by atoms with Crippen LogP contribution in [0.3, 0.4) is 0 Å². The molecule has 98 valence electrons. The molecule has 0 rings (SSSR count). The maximum Gasteiger partial charge on any atom is 0.100 e. The quantitative estimate of drug-likeness (QED) is 0.276. The Bertz CT molecular complexity index is 143. The van der Waals surface area contributed by atoms with E-state index in [1.54, 1.807) is 0 Å². The van der Waals surface area contributed by atoms with Crippen LogP contribution in [0, 0.1) is 0 Å². The zero-order chi connectivity index (χ0) is 12.4. The zero-order valence-electron chi connectivity index (χ0n) is 9.16. The maximum absolute atomic E-state index is 8.94. The summed E-state index contributed by atoms with van der Waals surface area (Å²) in [5.74, 6) is 0. The molecule has 0 bridgehead atoms. The van der Waals surface area contributed by atoms with Gasteiger partial charge in [0.05, 0.1) is 45.7 Å². The highest BCUT2D eigenvalue weighted by Gasteiger charge is 2.07. The molecule has 16 heavy (non-hydrogen) atoms. The molecule has 0 aliphatic heterocycles. The highest BCUT2D eigenvalue weighted by molar-refractivity contribution is 4.60. The molecule has 7 heteroatoms. The van der Waals surface area contributed by atoms with Crippen LogP contribution in [0.5, 0.6) is 0 Å². The molecule has 0 aromatic rings. The third kappa shape index (κ3) is 8.98. The van der Waals surface area contributed by atoms with Crippen molar-refractivity contribution >= 4 is 0 Å². The second kappa shape index (κ2) is 9.91. The number of hydrogen-bond acceptors (Lipinski definition) is 7. The molecule has 0 saturated heterocycles. The average molecular weight is 239 g/mol. The van der Waals surface area contributed by atoms with Gasteiger partial charge < -0.3 is 35.6 Å². The fraction of sp³-hybridized carbons (Fsp3) is 1.00. The number of hydrogen-bond donors (Lipinski definition) is 5. The smallest absolute Gasteiger partial charge is 0.100 e. The summed E-state index contributed by atoms with van der Waals surface area (Å²) < 4.78 is 10.0. The van der Waals surface area contributed by atoms with E-state index >= 15 is 0 Å². The van der Waals surface area contributed by atoms with E-state index in [1.165, 1.54) is 0 Å². The third-order valence-corrected chi connectivity index (χ3v) is 1.71. The Morgan fingerprint density at radius 1 is 0.812 bits per heavy atom. The van der Waals surface area contributed by atoms with Gasteiger partial charge in [-0.15, -0.1) is 0 Å². The lowest BCUT2D eigenvalue weighted by atomic mass is 10.3. The number of aliphatic hydroxyl groups excluding tert-OH is 4. The summed E-state index contributed by atoms with van der Waals surface area (Å²) in [5.41, 5.74) is 5.59. The van der Waals surface area contributed by atoms with Crippen LogP contribution >= 0.6 is 0 Å².